The lowest BCUT2D eigenvalue weighted by Crippen LogP contribution is -2.50. The summed E-state index contributed by atoms with van der Waals surface area (Å²) in [6, 6.07) is 0. The van der Waals surface area contributed by atoms with Crippen LogP contribution in [0, 0.1) is 0 Å². The first kappa shape index (κ1) is 12.9. The normalized spacial score (nSPS) is 16.6. The fourth-order valence-electron chi connectivity index (χ4n) is 1.79. The van der Waals surface area contributed by atoms with Gasteiger partial charge in [0.1, 0.15) is 11.4 Å². The zero-order valence-corrected chi connectivity index (χ0v) is 10.9. The fourth-order valence-corrected chi connectivity index (χ4v) is 1.79. The number of hydrogen-bond acceptors (Lipinski definition) is 4. The molecule has 0 unspecified atom stereocenters. The number of ether oxygens (including phenoxy) is 1. The number of amides is 1. The standard InChI is InChI=1S/C12H19N3O3/c1-12(2,3)18-11(17)15-5-8(6-15)10-13-4-9(7-16)14-10/h4,8,16H,5-7H2,1-3H3,(H,13,14). The number of aliphatic hydroxyl groups excluding tert-OH is 1. The van der Waals surface area contributed by atoms with Crippen molar-refractivity contribution in [1.82, 2.24) is 14.9 Å². The minimum Gasteiger partial charge on any atom is -0.444 e. The largest absolute Gasteiger partial charge is 0.444 e. The van der Waals surface area contributed by atoms with Gasteiger partial charge in [0, 0.05) is 13.1 Å². The molecular weight excluding hydrogens is 234 g/mol. The number of carbonyl (C=O) groups is 1. The minimum absolute atomic E-state index is 0.0461. The van der Waals surface area contributed by atoms with Crippen LogP contribution in [0.25, 0.3) is 0 Å². The molecule has 0 bridgehead atoms. The summed E-state index contributed by atoms with van der Waals surface area (Å²) in [6.45, 7) is 6.71. The minimum atomic E-state index is -0.461. The van der Waals surface area contributed by atoms with Gasteiger partial charge < -0.3 is 19.7 Å². The van der Waals surface area contributed by atoms with Crippen LogP contribution in [-0.4, -0.2) is 44.8 Å². The maximum absolute atomic E-state index is 11.7. The average molecular weight is 253 g/mol. The second-order valence-electron chi connectivity index (χ2n) is 5.53. The van der Waals surface area contributed by atoms with Crippen molar-refractivity contribution in [2.75, 3.05) is 13.1 Å². The van der Waals surface area contributed by atoms with Gasteiger partial charge in [-0.3, -0.25) is 0 Å². The Morgan fingerprint density at radius 1 is 1.61 bits per heavy atom. The van der Waals surface area contributed by atoms with Crippen molar-refractivity contribution in [3.8, 4) is 0 Å². The summed E-state index contributed by atoms with van der Waals surface area (Å²) < 4.78 is 5.27. The number of rotatable bonds is 2. The molecule has 1 aromatic rings. The number of carbonyl (C=O) groups excluding carboxylic acids is 1. The molecule has 2 heterocycles. The van der Waals surface area contributed by atoms with Crippen LogP contribution in [0.1, 0.15) is 38.2 Å². The molecule has 6 heteroatoms. The molecule has 1 aromatic heterocycles. The molecule has 2 N–H and O–H groups in total. The first-order valence-electron chi connectivity index (χ1n) is 6.01. The Morgan fingerprint density at radius 3 is 2.78 bits per heavy atom. The number of likely N-dealkylation sites (tertiary alicyclic amines) is 1. The third-order valence-corrected chi connectivity index (χ3v) is 2.74. The zero-order valence-electron chi connectivity index (χ0n) is 10.9. The Hall–Kier alpha value is -1.56. The smallest absolute Gasteiger partial charge is 0.410 e. The van der Waals surface area contributed by atoms with Crippen molar-refractivity contribution >= 4 is 6.09 Å². The number of nitrogens with one attached hydrogen (secondary N) is 1. The summed E-state index contributed by atoms with van der Waals surface area (Å²) in [5, 5.41) is 8.94. The van der Waals surface area contributed by atoms with Gasteiger partial charge in [-0.25, -0.2) is 9.78 Å². The molecule has 2 rings (SSSR count). The number of nitrogens with zero attached hydrogens (tertiary/aromatic N) is 2. The molecule has 18 heavy (non-hydrogen) atoms. The molecule has 1 fully saturated rings. The van der Waals surface area contributed by atoms with Gasteiger partial charge in [-0.05, 0) is 20.8 Å². The van der Waals surface area contributed by atoms with E-state index in [1.54, 1.807) is 11.1 Å². The number of imidazole rings is 1. The van der Waals surface area contributed by atoms with E-state index in [0.717, 1.165) is 5.82 Å². The molecule has 0 saturated carbocycles. The highest BCUT2D eigenvalue weighted by molar-refractivity contribution is 5.69. The highest BCUT2D eigenvalue weighted by Crippen LogP contribution is 2.26. The fraction of sp³-hybridized carbons (Fsp3) is 0.667. The molecule has 0 atom stereocenters. The number of aliphatic hydroxyl groups is 1. The van der Waals surface area contributed by atoms with Gasteiger partial charge in [-0.2, -0.15) is 0 Å². The molecule has 0 radical (unpaired) electrons. The average Bonchev–Trinajstić information content (AvgIpc) is 2.60. The second kappa shape index (κ2) is 4.61. The van der Waals surface area contributed by atoms with E-state index < -0.39 is 5.60 Å². The van der Waals surface area contributed by atoms with Gasteiger partial charge in [0.05, 0.1) is 24.4 Å². The molecule has 1 aliphatic heterocycles. The highest BCUT2D eigenvalue weighted by Gasteiger charge is 2.35. The predicted octanol–water partition coefficient (Wildman–Crippen LogP) is 1.24. The van der Waals surface area contributed by atoms with Crippen LogP contribution < -0.4 is 0 Å². The Balaban J connectivity index is 1.85. The van der Waals surface area contributed by atoms with Gasteiger partial charge in [-0.15, -0.1) is 0 Å². The number of H-pyrrole nitrogens is 1. The highest BCUT2D eigenvalue weighted by atomic mass is 16.6. The van der Waals surface area contributed by atoms with Gasteiger partial charge >= 0.3 is 6.09 Å². The van der Waals surface area contributed by atoms with Crippen molar-refractivity contribution in [2.45, 2.75) is 38.9 Å². The SMILES string of the molecule is CC(C)(C)OC(=O)N1CC(c2ncc(CO)[nH]2)C1. The van der Waals surface area contributed by atoms with E-state index in [0.29, 0.717) is 18.8 Å². The van der Waals surface area contributed by atoms with Crippen molar-refractivity contribution in [3.05, 3.63) is 17.7 Å². The second-order valence-corrected chi connectivity index (χ2v) is 5.53. The molecule has 0 spiro atoms. The molecule has 6 nitrogen and oxygen atoms in total. The first-order chi connectivity index (χ1) is 8.39. The van der Waals surface area contributed by atoms with E-state index in [1.165, 1.54) is 0 Å². The molecule has 1 saturated heterocycles. The monoisotopic (exact) mass is 253 g/mol. The lowest BCUT2D eigenvalue weighted by molar-refractivity contribution is 0.00757. The van der Waals surface area contributed by atoms with Crippen LogP contribution in [0.2, 0.25) is 0 Å². The van der Waals surface area contributed by atoms with Gasteiger partial charge in [0.2, 0.25) is 0 Å². The van der Waals surface area contributed by atoms with E-state index in [9.17, 15) is 4.79 Å². The van der Waals surface area contributed by atoms with Crippen molar-refractivity contribution in [2.24, 2.45) is 0 Å². The van der Waals surface area contributed by atoms with Crippen LogP contribution >= 0.6 is 0 Å². The van der Waals surface area contributed by atoms with Crippen LogP contribution in [0.4, 0.5) is 4.79 Å². The van der Waals surface area contributed by atoms with Gasteiger partial charge in [0.25, 0.3) is 0 Å². The third-order valence-electron chi connectivity index (χ3n) is 2.74. The Bertz CT molecular complexity index is 430. The van der Waals surface area contributed by atoms with Crippen molar-refractivity contribution in [1.29, 1.82) is 0 Å². The number of aromatic amines is 1. The molecule has 0 aliphatic carbocycles. The van der Waals surface area contributed by atoms with Crippen LogP contribution in [-0.2, 0) is 11.3 Å². The van der Waals surface area contributed by atoms with Crippen LogP contribution in [0.3, 0.4) is 0 Å². The quantitative estimate of drug-likeness (QED) is 0.831. The summed E-state index contributed by atoms with van der Waals surface area (Å²) in [7, 11) is 0. The summed E-state index contributed by atoms with van der Waals surface area (Å²) in [4.78, 5) is 20.6. The van der Waals surface area contributed by atoms with Crippen LogP contribution in [0.5, 0.6) is 0 Å². The summed E-state index contributed by atoms with van der Waals surface area (Å²) in [5.41, 5.74) is 0.234. The lowest BCUT2D eigenvalue weighted by Gasteiger charge is -2.38. The predicted molar refractivity (Wildman–Crippen MR) is 65.1 cm³/mol. The summed E-state index contributed by atoms with van der Waals surface area (Å²) >= 11 is 0. The maximum Gasteiger partial charge on any atom is 0.410 e. The summed E-state index contributed by atoms with van der Waals surface area (Å²) in [6.07, 6.45) is 1.33. The van der Waals surface area contributed by atoms with Crippen LogP contribution in [0.15, 0.2) is 6.20 Å². The van der Waals surface area contributed by atoms with E-state index in [4.69, 9.17) is 9.84 Å². The first-order valence-corrected chi connectivity index (χ1v) is 6.01. The molecule has 100 valence electrons. The number of aromatic nitrogens is 2. The van der Waals surface area contributed by atoms with Crippen molar-refractivity contribution < 1.29 is 14.6 Å². The van der Waals surface area contributed by atoms with E-state index in [-0.39, 0.29) is 18.6 Å². The zero-order chi connectivity index (χ0) is 13.3. The third kappa shape index (κ3) is 2.81. The maximum atomic E-state index is 11.7. The molecule has 1 aliphatic rings. The van der Waals surface area contributed by atoms with Gasteiger partial charge in [0.15, 0.2) is 0 Å². The Kier molecular flexibility index (Phi) is 3.30. The molecule has 1 amide bonds. The van der Waals surface area contributed by atoms with E-state index in [1.807, 2.05) is 20.8 Å². The van der Waals surface area contributed by atoms with Gasteiger partial charge in [-0.1, -0.05) is 0 Å². The van der Waals surface area contributed by atoms with Crippen molar-refractivity contribution in [3.63, 3.8) is 0 Å². The Labute approximate surface area is 106 Å². The molecule has 0 aromatic carbocycles. The van der Waals surface area contributed by atoms with E-state index in [2.05, 4.69) is 9.97 Å². The summed E-state index contributed by atoms with van der Waals surface area (Å²) in [5.74, 6) is 1.02. The Morgan fingerprint density at radius 2 is 2.28 bits per heavy atom. The van der Waals surface area contributed by atoms with E-state index >= 15 is 0 Å². The lowest BCUT2D eigenvalue weighted by atomic mass is 10.0. The number of hydrogen-bond donors (Lipinski definition) is 2. The molecular formula is C12H19N3O3. The topological polar surface area (TPSA) is 78.4 Å².